The lowest BCUT2D eigenvalue weighted by atomic mass is 9.94. The Morgan fingerprint density at radius 1 is 1.30 bits per heavy atom. The van der Waals surface area contributed by atoms with Crippen LogP contribution in [0.5, 0.6) is 0 Å². The van der Waals surface area contributed by atoms with Crippen molar-refractivity contribution in [3.05, 3.63) is 28.6 Å². The minimum atomic E-state index is -0.930. The summed E-state index contributed by atoms with van der Waals surface area (Å²) in [6.07, 6.45) is 7.26. The van der Waals surface area contributed by atoms with E-state index in [1.165, 1.54) is 6.42 Å². The molecule has 3 aliphatic rings. The first-order valence-electron chi connectivity index (χ1n) is 8.64. The quantitative estimate of drug-likeness (QED) is 0.920. The van der Waals surface area contributed by atoms with Crippen LogP contribution in [-0.2, 0) is 9.47 Å². The molecule has 2 aliphatic carbocycles. The van der Waals surface area contributed by atoms with Gasteiger partial charge in [0.05, 0.1) is 17.9 Å². The third-order valence-corrected chi connectivity index (χ3v) is 5.28. The number of ether oxygens (including phenoxy) is 2. The maximum atomic E-state index is 11.7. The van der Waals surface area contributed by atoms with Crippen molar-refractivity contribution in [1.29, 1.82) is 0 Å². The molecule has 23 heavy (non-hydrogen) atoms. The van der Waals surface area contributed by atoms with Crippen molar-refractivity contribution in [1.82, 2.24) is 4.98 Å². The molecule has 0 aromatic carbocycles. The average molecular weight is 317 g/mol. The van der Waals surface area contributed by atoms with Crippen LogP contribution < -0.4 is 0 Å². The molecule has 5 nitrogen and oxygen atoms in total. The number of carboxylic acids is 1. The Kier molecular flexibility index (Phi) is 3.65. The summed E-state index contributed by atoms with van der Waals surface area (Å²) >= 11 is 0. The summed E-state index contributed by atoms with van der Waals surface area (Å²) in [7, 11) is 0. The number of carboxylic acid groups (broad SMARTS) is 1. The zero-order valence-corrected chi connectivity index (χ0v) is 13.5. The van der Waals surface area contributed by atoms with Gasteiger partial charge in [-0.1, -0.05) is 6.42 Å². The van der Waals surface area contributed by atoms with Gasteiger partial charge in [-0.2, -0.15) is 0 Å². The van der Waals surface area contributed by atoms with Crippen molar-refractivity contribution in [3.8, 4) is 0 Å². The molecule has 1 aromatic heterocycles. The van der Waals surface area contributed by atoms with Crippen molar-refractivity contribution in [3.63, 3.8) is 0 Å². The summed E-state index contributed by atoms with van der Waals surface area (Å²) in [5, 5.41) is 9.62. The smallest absolute Gasteiger partial charge is 0.337 e. The van der Waals surface area contributed by atoms with Gasteiger partial charge >= 0.3 is 5.97 Å². The number of carbonyl (C=O) groups is 1. The minimum absolute atomic E-state index is 0.288. The molecule has 3 fully saturated rings. The Morgan fingerprint density at radius 3 is 2.70 bits per heavy atom. The van der Waals surface area contributed by atoms with E-state index < -0.39 is 11.8 Å². The molecule has 1 atom stereocenters. The Labute approximate surface area is 136 Å². The second-order valence-corrected chi connectivity index (χ2v) is 7.07. The fourth-order valence-electron chi connectivity index (χ4n) is 3.90. The maximum Gasteiger partial charge on any atom is 0.337 e. The van der Waals surface area contributed by atoms with Crippen LogP contribution in [0.25, 0.3) is 0 Å². The highest BCUT2D eigenvalue weighted by Gasteiger charge is 2.44. The van der Waals surface area contributed by atoms with Crippen LogP contribution in [0, 0.1) is 6.92 Å². The van der Waals surface area contributed by atoms with Gasteiger partial charge in [0, 0.05) is 30.0 Å². The van der Waals surface area contributed by atoms with Crippen LogP contribution in [0.2, 0.25) is 0 Å². The van der Waals surface area contributed by atoms with E-state index in [1.54, 1.807) is 6.92 Å². The summed E-state index contributed by atoms with van der Waals surface area (Å²) in [5.41, 5.74) is 2.63. The van der Waals surface area contributed by atoms with Gasteiger partial charge in [0.15, 0.2) is 5.79 Å². The van der Waals surface area contributed by atoms with E-state index in [0.29, 0.717) is 18.2 Å². The lowest BCUT2D eigenvalue weighted by Gasteiger charge is -2.31. The zero-order chi connectivity index (χ0) is 16.0. The number of rotatable bonds is 3. The van der Waals surface area contributed by atoms with Crippen molar-refractivity contribution in [2.24, 2.45) is 0 Å². The minimum Gasteiger partial charge on any atom is -0.478 e. The maximum absolute atomic E-state index is 11.7. The van der Waals surface area contributed by atoms with E-state index in [9.17, 15) is 9.90 Å². The molecular formula is C18H23NO4. The summed E-state index contributed by atoms with van der Waals surface area (Å²) in [6.45, 7) is 2.22. The Hall–Kier alpha value is -1.46. The number of aromatic carboxylic acids is 1. The SMILES string of the molecule is Cc1nc(C2CC2)cc(C2COC3(CCCCC3)O2)c1C(=O)O. The lowest BCUT2D eigenvalue weighted by Crippen LogP contribution is -2.32. The van der Waals surface area contributed by atoms with Crippen LogP contribution in [0.3, 0.4) is 0 Å². The largest absolute Gasteiger partial charge is 0.478 e. The van der Waals surface area contributed by atoms with Gasteiger partial charge in [0.1, 0.15) is 6.10 Å². The molecule has 0 amide bonds. The fourth-order valence-corrected chi connectivity index (χ4v) is 3.90. The number of hydrogen-bond donors (Lipinski definition) is 1. The fraction of sp³-hybridized carbons (Fsp3) is 0.667. The second-order valence-electron chi connectivity index (χ2n) is 7.07. The van der Waals surface area contributed by atoms with Crippen LogP contribution in [0.15, 0.2) is 6.07 Å². The van der Waals surface area contributed by atoms with E-state index >= 15 is 0 Å². The molecule has 124 valence electrons. The molecule has 1 unspecified atom stereocenters. The van der Waals surface area contributed by atoms with E-state index in [4.69, 9.17) is 9.47 Å². The van der Waals surface area contributed by atoms with Crippen LogP contribution in [0.1, 0.15) is 84.3 Å². The van der Waals surface area contributed by atoms with E-state index in [2.05, 4.69) is 4.98 Å². The molecule has 2 heterocycles. The number of hydrogen-bond acceptors (Lipinski definition) is 4. The third-order valence-electron chi connectivity index (χ3n) is 5.28. The van der Waals surface area contributed by atoms with Gasteiger partial charge in [-0.05, 0) is 38.7 Å². The summed E-state index contributed by atoms with van der Waals surface area (Å²) < 4.78 is 12.3. The number of aromatic nitrogens is 1. The molecule has 1 N–H and O–H groups in total. The number of pyridine rings is 1. The Balaban J connectivity index is 1.68. The Bertz CT molecular complexity index is 632. The predicted octanol–water partition coefficient (Wildman–Crippen LogP) is 3.71. The molecule has 4 rings (SSSR count). The first-order valence-corrected chi connectivity index (χ1v) is 8.64. The normalized spacial score (nSPS) is 26.6. The first kappa shape index (κ1) is 15.1. The molecule has 1 spiro atoms. The highest BCUT2D eigenvalue weighted by Crippen LogP contribution is 2.45. The molecule has 1 aliphatic heterocycles. The van der Waals surface area contributed by atoms with Gasteiger partial charge in [0.2, 0.25) is 0 Å². The van der Waals surface area contributed by atoms with Gasteiger partial charge in [-0.15, -0.1) is 0 Å². The van der Waals surface area contributed by atoms with Gasteiger partial charge in [-0.3, -0.25) is 4.98 Å². The van der Waals surface area contributed by atoms with Gasteiger partial charge in [-0.25, -0.2) is 4.79 Å². The summed E-state index contributed by atoms with van der Waals surface area (Å²) in [5.74, 6) is -0.933. The van der Waals surface area contributed by atoms with Crippen molar-refractivity contribution in [2.45, 2.75) is 69.7 Å². The summed E-state index contributed by atoms with van der Waals surface area (Å²) in [4.78, 5) is 16.2. The average Bonchev–Trinajstić information content (AvgIpc) is 3.30. The molecule has 2 saturated carbocycles. The van der Waals surface area contributed by atoms with E-state index in [-0.39, 0.29) is 11.7 Å². The lowest BCUT2D eigenvalue weighted by molar-refractivity contribution is -0.187. The monoisotopic (exact) mass is 317 g/mol. The van der Waals surface area contributed by atoms with E-state index in [1.807, 2.05) is 6.07 Å². The van der Waals surface area contributed by atoms with Crippen molar-refractivity contribution >= 4 is 5.97 Å². The topological polar surface area (TPSA) is 68.7 Å². The van der Waals surface area contributed by atoms with Gasteiger partial charge < -0.3 is 14.6 Å². The van der Waals surface area contributed by atoms with Crippen molar-refractivity contribution < 1.29 is 19.4 Å². The first-order chi connectivity index (χ1) is 11.1. The van der Waals surface area contributed by atoms with E-state index in [0.717, 1.165) is 49.8 Å². The zero-order valence-electron chi connectivity index (χ0n) is 13.5. The Morgan fingerprint density at radius 2 is 2.04 bits per heavy atom. The van der Waals surface area contributed by atoms with Gasteiger partial charge in [0.25, 0.3) is 0 Å². The van der Waals surface area contributed by atoms with Crippen LogP contribution >= 0.6 is 0 Å². The third kappa shape index (κ3) is 2.76. The molecule has 0 radical (unpaired) electrons. The molecule has 5 heteroatoms. The standard InChI is InChI=1S/C18H23NO4/c1-11-16(17(20)21)13(9-14(19-11)12-5-6-12)15-10-22-18(23-15)7-3-2-4-8-18/h9,12,15H,2-8,10H2,1H3,(H,20,21). The van der Waals surface area contributed by atoms with Crippen LogP contribution in [0.4, 0.5) is 0 Å². The second kappa shape index (κ2) is 5.56. The highest BCUT2D eigenvalue weighted by atomic mass is 16.7. The molecular weight excluding hydrogens is 294 g/mol. The van der Waals surface area contributed by atoms with Crippen molar-refractivity contribution in [2.75, 3.05) is 6.61 Å². The van der Waals surface area contributed by atoms with Crippen LogP contribution in [-0.4, -0.2) is 28.5 Å². The molecule has 1 saturated heterocycles. The highest BCUT2D eigenvalue weighted by molar-refractivity contribution is 5.90. The summed E-state index contributed by atoms with van der Waals surface area (Å²) in [6, 6.07) is 1.95. The molecule has 0 bridgehead atoms. The number of nitrogens with zero attached hydrogens (tertiary/aromatic N) is 1. The number of aryl methyl sites for hydroxylation is 1. The molecule has 1 aromatic rings. The predicted molar refractivity (Wildman–Crippen MR) is 83.5 cm³/mol.